The third-order valence-corrected chi connectivity index (χ3v) is 4.97. The zero-order chi connectivity index (χ0) is 16.4. The van der Waals surface area contributed by atoms with Gasteiger partial charge in [-0.15, -0.1) is 0 Å². The molecule has 2 aromatic rings. The molecule has 0 spiro atoms. The van der Waals surface area contributed by atoms with Crippen LogP contribution in [0.15, 0.2) is 36.7 Å². The molecule has 1 fully saturated rings. The second-order valence-electron chi connectivity index (χ2n) is 6.68. The third kappa shape index (κ3) is 3.19. The van der Waals surface area contributed by atoms with Gasteiger partial charge < -0.3 is 4.90 Å². The predicted octanol–water partition coefficient (Wildman–Crippen LogP) is 1.85. The number of fused-ring (bicyclic) bond motifs is 1. The van der Waals surface area contributed by atoms with Crippen LogP contribution in [-0.2, 0) is 17.9 Å². The van der Waals surface area contributed by atoms with E-state index in [9.17, 15) is 4.79 Å². The lowest BCUT2D eigenvalue weighted by molar-refractivity contribution is -0.127. The number of likely N-dealkylation sites (tertiary alicyclic amines) is 1. The van der Waals surface area contributed by atoms with Crippen molar-refractivity contribution in [3.8, 4) is 0 Å². The van der Waals surface area contributed by atoms with Crippen LogP contribution in [-0.4, -0.2) is 50.1 Å². The van der Waals surface area contributed by atoms with E-state index in [-0.39, 0.29) is 0 Å². The molecule has 0 N–H and O–H groups in total. The quantitative estimate of drug-likeness (QED) is 0.842. The summed E-state index contributed by atoms with van der Waals surface area (Å²) in [6.45, 7) is 4.45. The minimum atomic E-state index is 0.303. The molecular weight excluding hydrogens is 302 g/mol. The number of pyridine rings is 1. The summed E-state index contributed by atoms with van der Waals surface area (Å²) in [5.74, 6) is 0.303. The molecule has 1 saturated heterocycles. The molecule has 4 rings (SSSR count). The van der Waals surface area contributed by atoms with Crippen molar-refractivity contribution in [1.29, 1.82) is 0 Å². The Morgan fingerprint density at radius 3 is 2.96 bits per heavy atom. The minimum Gasteiger partial charge on any atom is -0.343 e. The first-order chi connectivity index (χ1) is 11.8. The standard InChI is InChI=1S/C18H23N5O/c24-18-5-3-10-22(18)11-7-17-14-21(12-15-4-1-2-8-19-15)13-16-6-9-20-23(16)17/h1-2,4,6,8-9,17H,3,5,7,10-14H2/t17-/m0/s1. The van der Waals surface area contributed by atoms with Gasteiger partial charge in [-0.2, -0.15) is 5.10 Å². The largest absolute Gasteiger partial charge is 0.343 e. The van der Waals surface area contributed by atoms with Crippen molar-refractivity contribution in [3.63, 3.8) is 0 Å². The molecule has 0 aromatic carbocycles. The molecular formula is C18H23N5O. The van der Waals surface area contributed by atoms with Gasteiger partial charge in [0, 0.05) is 51.5 Å². The van der Waals surface area contributed by atoms with Crippen LogP contribution in [0.3, 0.4) is 0 Å². The summed E-state index contributed by atoms with van der Waals surface area (Å²) < 4.78 is 2.15. The third-order valence-electron chi connectivity index (χ3n) is 4.97. The number of amides is 1. The summed E-state index contributed by atoms with van der Waals surface area (Å²) in [5, 5.41) is 4.51. The highest BCUT2D eigenvalue weighted by Gasteiger charge is 2.27. The highest BCUT2D eigenvalue weighted by atomic mass is 16.2. The average Bonchev–Trinajstić information content (AvgIpc) is 3.22. The number of rotatable bonds is 5. The molecule has 6 nitrogen and oxygen atoms in total. The molecule has 1 amide bonds. The summed E-state index contributed by atoms with van der Waals surface area (Å²) in [6.07, 6.45) is 6.40. The molecule has 6 heteroatoms. The first-order valence-corrected chi connectivity index (χ1v) is 8.72. The molecule has 4 heterocycles. The molecule has 0 aliphatic carbocycles. The van der Waals surface area contributed by atoms with Crippen molar-refractivity contribution in [1.82, 2.24) is 24.6 Å². The van der Waals surface area contributed by atoms with Crippen LogP contribution in [0, 0.1) is 0 Å². The van der Waals surface area contributed by atoms with Crippen LogP contribution < -0.4 is 0 Å². The maximum atomic E-state index is 11.8. The molecule has 2 aliphatic heterocycles. The zero-order valence-corrected chi connectivity index (χ0v) is 13.8. The molecule has 0 bridgehead atoms. The van der Waals surface area contributed by atoms with E-state index >= 15 is 0 Å². The second-order valence-corrected chi connectivity index (χ2v) is 6.68. The van der Waals surface area contributed by atoms with Crippen LogP contribution in [0.4, 0.5) is 0 Å². The lowest BCUT2D eigenvalue weighted by atomic mass is 10.1. The van der Waals surface area contributed by atoms with Crippen molar-refractivity contribution in [2.24, 2.45) is 0 Å². The second kappa shape index (κ2) is 6.73. The van der Waals surface area contributed by atoms with Gasteiger partial charge in [0.1, 0.15) is 0 Å². The number of carbonyl (C=O) groups excluding carboxylic acids is 1. The Labute approximate surface area is 142 Å². The van der Waals surface area contributed by atoms with Gasteiger partial charge in [-0.25, -0.2) is 0 Å². The number of hydrogen-bond donors (Lipinski definition) is 0. The van der Waals surface area contributed by atoms with E-state index in [0.29, 0.717) is 18.4 Å². The lowest BCUT2D eigenvalue weighted by Crippen LogP contribution is -2.39. The molecule has 24 heavy (non-hydrogen) atoms. The SMILES string of the molecule is O=C1CCCN1CC[C@H]1CN(Cc2ccccn2)Cc2ccnn21. The molecule has 126 valence electrons. The van der Waals surface area contributed by atoms with Crippen molar-refractivity contribution in [2.75, 3.05) is 19.6 Å². The van der Waals surface area contributed by atoms with E-state index < -0.39 is 0 Å². The first kappa shape index (κ1) is 15.3. The Hall–Kier alpha value is -2.21. The van der Waals surface area contributed by atoms with Crippen molar-refractivity contribution in [3.05, 3.63) is 48.0 Å². The van der Waals surface area contributed by atoms with Crippen LogP contribution in [0.25, 0.3) is 0 Å². The smallest absolute Gasteiger partial charge is 0.222 e. The summed E-state index contributed by atoms with van der Waals surface area (Å²) in [7, 11) is 0. The van der Waals surface area contributed by atoms with Crippen LogP contribution in [0.5, 0.6) is 0 Å². The average molecular weight is 325 g/mol. The highest BCUT2D eigenvalue weighted by molar-refractivity contribution is 5.77. The Bertz CT molecular complexity index is 698. The molecule has 2 aromatic heterocycles. The van der Waals surface area contributed by atoms with Crippen LogP contribution >= 0.6 is 0 Å². The fourth-order valence-corrected chi connectivity index (χ4v) is 3.76. The van der Waals surface area contributed by atoms with Gasteiger partial charge in [0.05, 0.1) is 17.4 Å². The summed E-state index contributed by atoms with van der Waals surface area (Å²) in [6, 6.07) is 8.47. The highest BCUT2D eigenvalue weighted by Crippen LogP contribution is 2.25. The number of nitrogens with zero attached hydrogens (tertiary/aromatic N) is 5. The van der Waals surface area contributed by atoms with Gasteiger partial charge in [0.25, 0.3) is 0 Å². The lowest BCUT2D eigenvalue weighted by Gasteiger charge is -2.34. The maximum absolute atomic E-state index is 11.8. The van der Waals surface area contributed by atoms with E-state index in [1.54, 1.807) is 0 Å². The Morgan fingerprint density at radius 1 is 1.21 bits per heavy atom. The van der Waals surface area contributed by atoms with E-state index in [1.807, 2.05) is 29.4 Å². The first-order valence-electron chi connectivity index (χ1n) is 8.72. The van der Waals surface area contributed by atoms with Crippen molar-refractivity contribution in [2.45, 2.75) is 38.4 Å². The Morgan fingerprint density at radius 2 is 2.17 bits per heavy atom. The van der Waals surface area contributed by atoms with E-state index in [1.165, 1.54) is 5.69 Å². The topological polar surface area (TPSA) is 54.3 Å². The summed E-state index contributed by atoms with van der Waals surface area (Å²) in [5.41, 5.74) is 2.34. The molecule has 0 saturated carbocycles. The fraction of sp³-hybridized carbons (Fsp3) is 0.500. The van der Waals surface area contributed by atoms with Gasteiger partial charge in [-0.3, -0.25) is 19.4 Å². The zero-order valence-electron chi connectivity index (χ0n) is 13.8. The van der Waals surface area contributed by atoms with Crippen LogP contribution in [0.2, 0.25) is 0 Å². The molecule has 0 radical (unpaired) electrons. The summed E-state index contributed by atoms with van der Waals surface area (Å²) in [4.78, 5) is 20.7. The van der Waals surface area contributed by atoms with E-state index in [2.05, 4.69) is 31.8 Å². The molecule has 1 atom stereocenters. The maximum Gasteiger partial charge on any atom is 0.222 e. The fourth-order valence-electron chi connectivity index (χ4n) is 3.76. The Kier molecular flexibility index (Phi) is 4.30. The van der Waals surface area contributed by atoms with Gasteiger partial charge >= 0.3 is 0 Å². The number of aromatic nitrogens is 3. The summed E-state index contributed by atoms with van der Waals surface area (Å²) >= 11 is 0. The Balaban J connectivity index is 1.44. The molecule has 0 unspecified atom stereocenters. The van der Waals surface area contributed by atoms with Gasteiger partial charge in [0.15, 0.2) is 0 Å². The van der Waals surface area contributed by atoms with E-state index in [4.69, 9.17) is 0 Å². The molecule has 2 aliphatic rings. The number of hydrogen-bond acceptors (Lipinski definition) is 4. The van der Waals surface area contributed by atoms with Gasteiger partial charge in [-0.05, 0) is 31.0 Å². The van der Waals surface area contributed by atoms with Gasteiger partial charge in [0.2, 0.25) is 5.91 Å². The van der Waals surface area contributed by atoms with Crippen molar-refractivity contribution < 1.29 is 4.79 Å². The predicted molar refractivity (Wildman–Crippen MR) is 90.0 cm³/mol. The monoisotopic (exact) mass is 325 g/mol. The van der Waals surface area contributed by atoms with Gasteiger partial charge in [-0.1, -0.05) is 6.07 Å². The normalized spacial score (nSPS) is 21.2. The minimum absolute atomic E-state index is 0.303. The van der Waals surface area contributed by atoms with Crippen LogP contribution in [0.1, 0.15) is 36.7 Å². The number of carbonyl (C=O) groups is 1. The van der Waals surface area contributed by atoms with Crippen molar-refractivity contribution >= 4 is 5.91 Å². The van der Waals surface area contributed by atoms with E-state index in [0.717, 1.165) is 51.3 Å².